The van der Waals surface area contributed by atoms with Crippen molar-refractivity contribution in [2.75, 3.05) is 12.8 Å². The van der Waals surface area contributed by atoms with Crippen LogP contribution in [0.4, 0.5) is 5.69 Å². The van der Waals surface area contributed by atoms with Gasteiger partial charge in [0.15, 0.2) is 0 Å². The zero-order valence-electron chi connectivity index (χ0n) is 13.0. The molecule has 114 valence electrons. The Kier molecular flexibility index (Phi) is 4.14. The van der Waals surface area contributed by atoms with E-state index in [1.54, 1.807) is 0 Å². The Morgan fingerprint density at radius 1 is 1.18 bits per heavy atom. The minimum absolute atomic E-state index is 0.185. The van der Waals surface area contributed by atoms with Gasteiger partial charge in [-0.1, -0.05) is 42.5 Å². The lowest BCUT2D eigenvalue weighted by Crippen LogP contribution is -2.30. The third-order valence-electron chi connectivity index (χ3n) is 4.63. The van der Waals surface area contributed by atoms with E-state index in [0.717, 1.165) is 24.1 Å². The summed E-state index contributed by atoms with van der Waals surface area (Å²) in [5, 5.41) is 0. The number of rotatable bonds is 4. The quantitative estimate of drug-likeness (QED) is 0.879. The Morgan fingerprint density at radius 2 is 1.91 bits per heavy atom. The van der Waals surface area contributed by atoms with Crippen LogP contribution in [0.3, 0.4) is 0 Å². The first-order valence-corrected chi connectivity index (χ1v) is 7.83. The molecule has 3 heteroatoms. The van der Waals surface area contributed by atoms with Crippen molar-refractivity contribution in [3.63, 3.8) is 0 Å². The molecule has 1 unspecified atom stereocenters. The molecule has 1 atom stereocenters. The van der Waals surface area contributed by atoms with E-state index in [0.29, 0.717) is 12.8 Å². The summed E-state index contributed by atoms with van der Waals surface area (Å²) in [4.78, 5) is 14.4. The SMILES string of the molecule is CN(C(=O)CCc1ccccc1N)C1CCc2ccccc21. The van der Waals surface area contributed by atoms with Crippen molar-refractivity contribution in [3.05, 3.63) is 65.2 Å². The first-order chi connectivity index (χ1) is 10.7. The largest absolute Gasteiger partial charge is 0.399 e. The van der Waals surface area contributed by atoms with E-state index in [1.807, 2.05) is 36.2 Å². The molecule has 22 heavy (non-hydrogen) atoms. The van der Waals surface area contributed by atoms with Crippen LogP contribution in [-0.4, -0.2) is 17.9 Å². The van der Waals surface area contributed by atoms with Crippen molar-refractivity contribution in [1.29, 1.82) is 0 Å². The molecule has 1 amide bonds. The molecule has 0 radical (unpaired) electrons. The number of anilines is 1. The summed E-state index contributed by atoms with van der Waals surface area (Å²) in [6.07, 6.45) is 3.28. The minimum atomic E-state index is 0.185. The van der Waals surface area contributed by atoms with E-state index in [4.69, 9.17) is 5.73 Å². The number of nitrogens with two attached hydrogens (primary N) is 1. The van der Waals surface area contributed by atoms with E-state index in [9.17, 15) is 4.79 Å². The summed E-state index contributed by atoms with van der Waals surface area (Å²) < 4.78 is 0. The summed E-state index contributed by atoms with van der Waals surface area (Å²) in [6.45, 7) is 0. The molecule has 1 aliphatic carbocycles. The average Bonchev–Trinajstić information content (AvgIpc) is 2.97. The molecule has 3 nitrogen and oxygen atoms in total. The molecule has 0 heterocycles. The van der Waals surface area contributed by atoms with Crippen LogP contribution >= 0.6 is 0 Å². The predicted molar refractivity (Wildman–Crippen MR) is 89.4 cm³/mol. The van der Waals surface area contributed by atoms with Crippen molar-refractivity contribution in [3.8, 4) is 0 Å². The van der Waals surface area contributed by atoms with E-state index >= 15 is 0 Å². The van der Waals surface area contributed by atoms with E-state index < -0.39 is 0 Å². The second kappa shape index (κ2) is 6.22. The lowest BCUT2D eigenvalue weighted by molar-refractivity contribution is -0.132. The van der Waals surface area contributed by atoms with Crippen molar-refractivity contribution >= 4 is 11.6 Å². The molecule has 2 aromatic rings. The molecular weight excluding hydrogens is 272 g/mol. The second-order valence-electron chi connectivity index (χ2n) is 5.96. The number of carbonyl (C=O) groups is 1. The molecule has 0 fully saturated rings. The fourth-order valence-electron chi connectivity index (χ4n) is 3.29. The highest BCUT2D eigenvalue weighted by molar-refractivity contribution is 5.77. The number of aryl methyl sites for hydroxylation is 2. The number of amides is 1. The standard InChI is InChI=1S/C19H22N2O/c1-21(18-12-10-14-6-2-4-8-16(14)18)19(22)13-11-15-7-3-5-9-17(15)20/h2-9,18H,10-13,20H2,1H3. The minimum Gasteiger partial charge on any atom is -0.399 e. The Morgan fingerprint density at radius 3 is 2.73 bits per heavy atom. The summed E-state index contributed by atoms with van der Waals surface area (Å²) in [7, 11) is 1.92. The third kappa shape index (κ3) is 2.84. The first-order valence-electron chi connectivity index (χ1n) is 7.83. The number of hydrogen-bond acceptors (Lipinski definition) is 2. The first kappa shape index (κ1) is 14.6. The summed E-state index contributed by atoms with van der Waals surface area (Å²) >= 11 is 0. The topological polar surface area (TPSA) is 46.3 Å². The van der Waals surface area contributed by atoms with Gasteiger partial charge < -0.3 is 10.6 Å². The van der Waals surface area contributed by atoms with Gasteiger partial charge in [0.25, 0.3) is 0 Å². The van der Waals surface area contributed by atoms with E-state index in [-0.39, 0.29) is 11.9 Å². The monoisotopic (exact) mass is 294 g/mol. The van der Waals surface area contributed by atoms with Crippen LogP contribution in [-0.2, 0) is 17.6 Å². The fourth-order valence-corrected chi connectivity index (χ4v) is 3.29. The molecule has 2 N–H and O–H groups in total. The van der Waals surface area contributed by atoms with Gasteiger partial charge in [-0.05, 0) is 42.0 Å². The number of para-hydroxylation sites is 1. The Labute approximate surface area is 131 Å². The molecule has 2 aromatic carbocycles. The molecule has 3 rings (SSSR count). The molecule has 0 saturated carbocycles. The number of hydrogen-bond donors (Lipinski definition) is 1. The van der Waals surface area contributed by atoms with Crippen LogP contribution in [0.25, 0.3) is 0 Å². The molecule has 0 spiro atoms. The van der Waals surface area contributed by atoms with Gasteiger partial charge in [-0.3, -0.25) is 4.79 Å². The zero-order chi connectivity index (χ0) is 15.5. The highest BCUT2D eigenvalue weighted by Gasteiger charge is 2.27. The summed E-state index contributed by atoms with van der Waals surface area (Å²) in [5.74, 6) is 0.185. The van der Waals surface area contributed by atoms with Crippen LogP contribution in [0.15, 0.2) is 48.5 Å². The van der Waals surface area contributed by atoms with Crippen LogP contribution in [0.1, 0.15) is 35.6 Å². The molecule has 1 aliphatic rings. The normalized spacial score (nSPS) is 16.3. The molecular formula is C19H22N2O. The smallest absolute Gasteiger partial charge is 0.223 e. The summed E-state index contributed by atoms with van der Waals surface area (Å²) in [5.41, 5.74) is 10.4. The fraction of sp³-hybridized carbons (Fsp3) is 0.316. The third-order valence-corrected chi connectivity index (χ3v) is 4.63. The van der Waals surface area contributed by atoms with Gasteiger partial charge in [0.2, 0.25) is 5.91 Å². The maximum absolute atomic E-state index is 12.5. The van der Waals surface area contributed by atoms with Crippen molar-refractivity contribution in [1.82, 2.24) is 4.90 Å². The molecule has 0 aromatic heterocycles. The average molecular weight is 294 g/mol. The Bertz CT molecular complexity index is 681. The van der Waals surface area contributed by atoms with Crippen molar-refractivity contribution < 1.29 is 4.79 Å². The van der Waals surface area contributed by atoms with Crippen LogP contribution in [0.2, 0.25) is 0 Å². The highest BCUT2D eigenvalue weighted by atomic mass is 16.2. The Balaban J connectivity index is 1.65. The zero-order valence-corrected chi connectivity index (χ0v) is 13.0. The van der Waals surface area contributed by atoms with Crippen LogP contribution in [0.5, 0.6) is 0 Å². The van der Waals surface area contributed by atoms with Gasteiger partial charge in [-0.2, -0.15) is 0 Å². The van der Waals surface area contributed by atoms with Crippen LogP contribution in [0, 0.1) is 0 Å². The molecule has 0 aliphatic heterocycles. The number of carbonyl (C=O) groups excluding carboxylic acids is 1. The van der Waals surface area contributed by atoms with E-state index in [1.165, 1.54) is 11.1 Å². The summed E-state index contributed by atoms with van der Waals surface area (Å²) in [6, 6.07) is 16.4. The molecule has 0 bridgehead atoms. The number of nitrogens with zero attached hydrogens (tertiary/aromatic N) is 1. The van der Waals surface area contributed by atoms with Crippen LogP contribution < -0.4 is 5.73 Å². The van der Waals surface area contributed by atoms with Gasteiger partial charge in [0.1, 0.15) is 0 Å². The van der Waals surface area contributed by atoms with Crippen molar-refractivity contribution in [2.45, 2.75) is 31.7 Å². The lowest BCUT2D eigenvalue weighted by Gasteiger charge is -2.25. The van der Waals surface area contributed by atoms with Gasteiger partial charge in [0, 0.05) is 19.2 Å². The lowest BCUT2D eigenvalue weighted by atomic mass is 10.0. The predicted octanol–water partition coefficient (Wildman–Crippen LogP) is 3.35. The number of benzene rings is 2. The number of nitrogen functional groups attached to an aromatic ring is 1. The number of fused-ring (bicyclic) bond motifs is 1. The van der Waals surface area contributed by atoms with Crippen molar-refractivity contribution in [2.24, 2.45) is 0 Å². The van der Waals surface area contributed by atoms with Gasteiger partial charge in [-0.15, -0.1) is 0 Å². The van der Waals surface area contributed by atoms with Gasteiger partial charge in [-0.25, -0.2) is 0 Å². The molecule has 0 saturated heterocycles. The van der Waals surface area contributed by atoms with E-state index in [2.05, 4.69) is 24.3 Å². The maximum atomic E-state index is 12.5. The van der Waals surface area contributed by atoms with Gasteiger partial charge >= 0.3 is 0 Å². The maximum Gasteiger partial charge on any atom is 0.223 e. The highest BCUT2D eigenvalue weighted by Crippen LogP contribution is 2.35. The Hall–Kier alpha value is -2.29. The second-order valence-corrected chi connectivity index (χ2v) is 5.96. The van der Waals surface area contributed by atoms with Gasteiger partial charge in [0.05, 0.1) is 6.04 Å².